The van der Waals surface area contributed by atoms with Crippen LogP contribution in [0.2, 0.25) is 0 Å². The molecule has 100 valence electrons. The lowest BCUT2D eigenvalue weighted by Crippen LogP contribution is -2.40. The minimum Gasteiger partial charge on any atom is -0.308 e. The van der Waals surface area contributed by atoms with Gasteiger partial charge in [0.25, 0.3) is 5.56 Å². The highest BCUT2D eigenvalue weighted by Crippen LogP contribution is 2.24. The molecule has 0 spiro atoms. The number of nitrogens with zero attached hydrogens (tertiary/aromatic N) is 2. The molecule has 1 aromatic rings. The van der Waals surface area contributed by atoms with Crippen LogP contribution < -0.4 is 16.6 Å². The van der Waals surface area contributed by atoms with Gasteiger partial charge in [-0.05, 0) is 18.8 Å². The zero-order valence-corrected chi connectivity index (χ0v) is 11.3. The van der Waals surface area contributed by atoms with Crippen LogP contribution in [-0.4, -0.2) is 15.2 Å². The third kappa shape index (κ3) is 2.41. The van der Waals surface area contributed by atoms with Crippen molar-refractivity contribution < 1.29 is 0 Å². The van der Waals surface area contributed by atoms with Gasteiger partial charge >= 0.3 is 5.69 Å². The molecule has 1 aliphatic rings. The molecule has 1 aliphatic carbocycles. The summed E-state index contributed by atoms with van der Waals surface area (Å²) in [4.78, 5) is 23.4. The summed E-state index contributed by atoms with van der Waals surface area (Å²) in [5.41, 5.74) is 0.246. The fourth-order valence-corrected chi connectivity index (χ4v) is 2.63. The van der Waals surface area contributed by atoms with Gasteiger partial charge in [-0.15, -0.1) is 0 Å². The Morgan fingerprint density at radius 3 is 2.61 bits per heavy atom. The van der Waals surface area contributed by atoms with E-state index in [0.717, 1.165) is 10.3 Å². The Hall–Kier alpha value is -1.36. The molecule has 0 aliphatic heterocycles. The molecular weight excluding hydrogens is 230 g/mol. The number of nitrogens with one attached hydrogen (secondary N) is 1. The minimum atomic E-state index is -0.265. The maximum atomic E-state index is 11.8. The molecule has 5 heteroatoms. The molecule has 0 bridgehead atoms. The first kappa shape index (κ1) is 13.1. The van der Waals surface area contributed by atoms with E-state index in [4.69, 9.17) is 0 Å². The van der Waals surface area contributed by atoms with Crippen molar-refractivity contribution in [3.63, 3.8) is 0 Å². The molecule has 5 nitrogen and oxygen atoms in total. The van der Waals surface area contributed by atoms with Gasteiger partial charge in [0.1, 0.15) is 0 Å². The molecule has 0 aromatic carbocycles. The van der Waals surface area contributed by atoms with Crippen molar-refractivity contribution in [2.75, 3.05) is 0 Å². The molecule has 1 saturated carbocycles. The Labute approximate surface area is 106 Å². The van der Waals surface area contributed by atoms with E-state index in [1.807, 2.05) is 0 Å². The van der Waals surface area contributed by atoms with Crippen LogP contribution in [0, 0.1) is 5.92 Å². The predicted octanol–water partition coefficient (Wildman–Crippen LogP) is 0.362. The summed E-state index contributed by atoms with van der Waals surface area (Å²) in [6.45, 7) is 2.82. The molecule has 0 amide bonds. The van der Waals surface area contributed by atoms with Crippen molar-refractivity contribution in [2.24, 2.45) is 20.0 Å². The molecule has 1 fully saturated rings. The third-order valence-electron chi connectivity index (χ3n) is 4.03. The average molecular weight is 251 g/mol. The van der Waals surface area contributed by atoms with Crippen molar-refractivity contribution in [1.29, 1.82) is 0 Å². The summed E-state index contributed by atoms with van der Waals surface area (Å²) in [6, 6.07) is 2.04. The van der Waals surface area contributed by atoms with Gasteiger partial charge in [0.2, 0.25) is 0 Å². The van der Waals surface area contributed by atoms with Gasteiger partial charge in [-0.2, -0.15) is 0 Å². The summed E-state index contributed by atoms with van der Waals surface area (Å²) in [7, 11) is 3.21. The SMILES string of the molecule is CC1CCCC1NCc1cc(=O)n(C)c(=O)n1C. The van der Waals surface area contributed by atoms with Gasteiger partial charge in [0, 0.05) is 38.4 Å². The molecular formula is C13H21N3O2. The second kappa shape index (κ2) is 5.10. The van der Waals surface area contributed by atoms with Crippen molar-refractivity contribution in [3.8, 4) is 0 Å². The van der Waals surface area contributed by atoms with Gasteiger partial charge in [-0.25, -0.2) is 4.79 Å². The first-order valence-corrected chi connectivity index (χ1v) is 6.50. The van der Waals surface area contributed by atoms with Crippen molar-refractivity contribution in [1.82, 2.24) is 14.5 Å². The highest BCUT2D eigenvalue weighted by Gasteiger charge is 2.22. The summed E-state index contributed by atoms with van der Waals surface area (Å²) < 4.78 is 2.66. The van der Waals surface area contributed by atoms with Crippen LogP contribution in [0.25, 0.3) is 0 Å². The van der Waals surface area contributed by atoms with Gasteiger partial charge < -0.3 is 5.32 Å². The molecule has 2 atom stereocenters. The van der Waals surface area contributed by atoms with E-state index in [2.05, 4.69) is 12.2 Å². The average Bonchev–Trinajstić information content (AvgIpc) is 2.75. The lowest BCUT2D eigenvalue weighted by Gasteiger charge is -2.18. The zero-order valence-electron chi connectivity index (χ0n) is 11.3. The molecule has 0 saturated heterocycles. The van der Waals surface area contributed by atoms with Gasteiger partial charge in [0.05, 0.1) is 0 Å². The van der Waals surface area contributed by atoms with Crippen molar-refractivity contribution in [2.45, 2.75) is 38.8 Å². The monoisotopic (exact) mass is 251 g/mol. The van der Waals surface area contributed by atoms with E-state index in [-0.39, 0.29) is 11.2 Å². The Bertz CT molecular complexity index is 544. The second-order valence-corrected chi connectivity index (χ2v) is 5.27. The highest BCUT2D eigenvalue weighted by atomic mass is 16.2. The van der Waals surface area contributed by atoms with Gasteiger partial charge in [-0.3, -0.25) is 13.9 Å². The van der Waals surface area contributed by atoms with Crippen molar-refractivity contribution >= 4 is 0 Å². The van der Waals surface area contributed by atoms with Crippen LogP contribution in [0.1, 0.15) is 31.9 Å². The number of hydrogen-bond donors (Lipinski definition) is 1. The van der Waals surface area contributed by atoms with Crippen LogP contribution >= 0.6 is 0 Å². The summed E-state index contributed by atoms with van der Waals surface area (Å²) in [5.74, 6) is 0.675. The Morgan fingerprint density at radius 1 is 1.28 bits per heavy atom. The molecule has 2 rings (SSSR count). The lowest BCUT2D eigenvalue weighted by molar-refractivity contribution is 0.418. The van der Waals surface area contributed by atoms with Crippen LogP contribution in [0.15, 0.2) is 15.7 Å². The molecule has 1 heterocycles. The summed E-state index contributed by atoms with van der Waals surface area (Å²) >= 11 is 0. The van der Waals surface area contributed by atoms with Gasteiger partial charge in [-0.1, -0.05) is 13.3 Å². The zero-order chi connectivity index (χ0) is 13.3. The van der Waals surface area contributed by atoms with Crippen LogP contribution in [0.5, 0.6) is 0 Å². The maximum Gasteiger partial charge on any atom is 0.330 e. The summed E-state index contributed by atoms with van der Waals surface area (Å²) in [6.07, 6.45) is 3.70. The molecule has 18 heavy (non-hydrogen) atoms. The van der Waals surface area contributed by atoms with E-state index < -0.39 is 0 Å². The smallest absolute Gasteiger partial charge is 0.308 e. The standard InChI is InChI=1S/C13H21N3O2/c1-9-5-4-6-11(9)14-8-10-7-12(17)16(3)13(18)15(10)2/h7,9,11,14H,4-6,8H2,1-3H3. The predicted molar refractivity (Wildman–Crippen MR) is 70.6 cm³/mol. The minimum absolute atomic E-state index is 0.241. The summed E-state index contributed by atoms with van der Waals surface area (Å²) in [5, 5.41) is 3.45. The number of aromatic nitrogens is 2. The fourth-order valence-electron chi connectivity index (χ4n) is 2.63. The highest BCUT2D eigenvalue weighted by molar-refractivity contribution is 5.02. The fraction of sp³-hybridized carbons (Fsp3) is 0.692. The van der Waals surface area contributed by atoms with Crippen LogP contribution in [0.4, 0.5) is 0 Å². The normalized spacial score (nSPS) is 23.5. The van der Waals surface area contributed by atoms with E-state index >= 15 is 0 Å². The Morgan fingerprint density at radius 2 is 2.00 bits per heavy atom. The van der Waals surface area contributed by atoms with E-state index in [1.54, 1.807) is 7.05 Å². The molecule has 1 N–H and O–H groups in total. The Balaban J connectivity index is 2.15. The third-order valence-corrected chi connectivity index (χ3v) is 4.03. The largest absolute Gasteiger partial charge is 0.330 e. The number of rotatable bonds is 3. The van der Waals surface area contributed by atoms with Crippen LogP contribution in [-0.2, 0) is 20.6 Å². The first-order chi connectivity index (χ1) is 8.50. The lowest BCUT2D eigenvalue weighted by atomic mass is 10.1. The van der Waals surface area contributed by atoms with E-state index in [9.17, 15) is 9.59 Å². The van der Waals surface area contributed by atoms with Crippen molar-refractivity contribution in [3.05, 3.63) is 32.6 Å². The number of hydrogen-bond acceptors (Lipinski definition) is 3. The Kier molecular flexibility index (Phi) is 3.71. The topological polar surface area (TPSA) is 56.0 Å². The second-order valence-electron chi connectivity index (χ2n) is 5.27. The van der Waals surface area contributed by atoms with E-state index in [0.29, 0.717) is 18.5 Å². The molecule has 1 aromatic heterocycles. The molecule has 2 unspecified atom stereocenters. The van der Waals surface area contributed by atoms with Gasteiger partial charge in [0.15, 0.2) is 0 Å². The molecule has 0 radical (unpaired) electrons. The van der Waals surface area contributed by atoms with Crippen LogP contribution in [0.3, 0.4) is 0 Å². The first-order valence-electron chi connectivity index (χ1n) is 6.50. The quantitative estimate of drug-likeness (QED) is 0.844. The van der Waals surface area contributed by atoms with E-state index in [1.165, 1.54) is 36.9 Å². The maximum absolute atomic E-state index is 11.8.